The molecule has 1 unspecified atom stereocenters. The van der Waals surface area contributed by atoms with Gasteiger partial charge in [0.1, 0.15) is 5.82 Å². The summed E-state index contributed by atoms with van der Waals surface area (Å²) in [6, 6.07) is 9.19. The lowest BCUT2D eigenvalue weighted by atomic mass is 9.98. The van der Waals surface area contributed by atoms with Crippen molar-refractivity contribution < 1.29 is 19.1 Å². The smallest absolute Gasteiger partial charge is 0.330 e. The number of benzene rings is 1. The van der Waals surface area contributed by atoms with E-state index < -0.39 is 11.2 Å². The van der Waals surface area contributed by atoms with Crippen LogP contribution in [0, 0.1) is 5.92 Å². The second kappa shape index (κ2) is 12.3. The van der Waals surface area contributed by atoms with Gasteiger partial charge in [-0.2, -0.15) is 0 Å². The molecule has 0 radical (unpaired) electrons. The predicted molar refractivity (Wildman–Crippen MR) is 131 cm³/mol. The highest BCUT2D eigenvalue weighted by Crippen LogP contribution is 2.21. The monoisotopic (exact) mass is 487 g/mol. The number of rotatable bonds is 10. The van der Waals surface area contributed by atoms with Crippen LogP contribution in [0.15, 0.2) is 39.9 Å². The Morgan fingerprint density at radius 3 is 2.66 bits per heavy atom. The zero-order valence-electron chi connectivity index (χ0n) is 20.2. The van der Waals surface area contributed by atoms with E-state index in [4.69, 9.17) is 15.2 Å². The highest BCUT2D eigenvalue weighted by molar-refractivity contribution is 5.97. The van der Waals surface area contributed by atoms with Crippen LogP contribution >= 0.6 is 0 Å². The molecule has 3 rings (SSSR count). The van der Waals surface area contributed by atoms with Crippen LogP contribution in [0.25, 0.3) is 0 Å². The molecule has 11 heteroatoms. The minimum Gasteiger partial charge on any atom is -0.466 e. The topological polar surface area (TPSA) is 140 Å². The first-order chi connectivity index (χ1) is 16.8. The zero-order chi connectivity index (χ0) is 25.4. The van der Waals surface area contributed by atoms with Crippen molar-refractivity contribution >= 4 is 23.4 Å². The summed E-state index contributed by atoms with van der Waals surface area (Å²) in [5.41, 5.74) is 5.62. The van der Waals surface area contributed by atoms with Gasteiger partial charge in [0, 0.05) is 20.2 Å². The van der Waals surface area contributed by atoms with E-state index in [2.05, 4.69) is 4.98 Å². The Labute approximate surface area is 203 Å². The van der Waals surface area contributed by atoms with Crippen molar-refractivity contribution in [3.8, 4) is 0 Å². The van der Waals surface area contributed by atoms with E-state index in [-0.39, 0.29) is 55.5 Å². The summed E-state index contributed by atoms with van der Waals surface area (Å²) in [5.74, 6) is -1.05. The lowest BCUT2D eigenvalue weighted by Crippen LogP contribution is -2.49. The molecule has 1 saturated heterocycles. The average Bonchev–Trinajstić information content (AvgIpc) is 2.84. The molecule has 3 N–H and O–H groups in total. The zero-order valence-corrected chi connectivity index (χ0v) is 20.2. The fourth-order valence-corrected chi connectivity index (χ4v) is 4.23. The van der Waals surface area contributed by atoms with E-state index in [1.54, 1.807) is 6.92 Å². The van der Waals surface area contributed by atoms with E-state index in [0.29, 0.717) is 26.1 Å². The number of likely N-dealkylation sites (tertiary alicyclic amines) is 1. The van der Waals surface area contributed by atoms with Gasteiger partial charge in [0.15, 0.2) is 5.69 Å². The molecule has 2 heterocycles. The fourth-order valence-electron chi connectivity index (χ4n) is 4.23. The van der Waals surface area contributed by atoms with E-state index in [1.165, 1.54) is 16.6 Å². The van der Waals surface area contributed by atoms with E-state index in [9.17, 15) is 19.2 Å². The van der Waals surface area contributed by atoms with E-state index >= 15 is 0 Å². The summed E-state index contributed by atoms with van der Waals surface area (Å²) in [6.07, 6.45) is 1.45. The van der Waals surface area contributed by atoms with Gasteiger partial charge >= 0.3 is 11.7 Å². The Hall–Kier alpha value is -3.44. The predicted octanol–water partition coefficient (Wildman–Crippen LogP) is 0.422. The average molecular weight is 488 g/mol. The van der Waals surface area contributed by atoms with Crippen LogP contribution in [0.4, 0.5) is 11.5 Å². The fraction of sp³-hybridized carbons (Fsp3) is 0.500. The van der Waals surface area contributed by atoms with Crippen molar-refractivity contribution in [1.82, 2.24) is 14.5 Å². The third-order valence-electron chi connectivity index (χ3n) is 5.97. The number of aromatic nitrogens is 2. The van der Waals surface area contributed by atoms with Gasteiger partial charge in [-0.25, -0.2) is 4.79 Å². The van der Waals surface area contributed by atoms with Crippen LogP contribution in [-0.4, -0.2) is 72.8 Å². The Bertz CT molecular complexity index is 1130. The molecule has 1 aliphatic heterocycles. The molecule has 1 aromatic carbocycles. The molecule has 190 valence electrons. The number of piperidine rings is 1. The number of nitrogens with two attached hydrogens (primary N) is 1. The number of H-pyrrole nitrogens is 1. The molecule has 1 atom stereocenters. The van der Waals surface area contributed by atoms with Gasteiger partial charge in [-0.3, -0.25) is 28.8 Å². The number of amides is 1. The van der Waals surface area contributed by atoms with Crippen molar-refractivity contribution in [2.24, 2.45) is 5.92 Å². The maximum absolute atomic E-state index is 13.4. The molecule has 0 bridgehead atoms. The molecule has 0 saturated carbocycles. The third-order valence-corrected chi connectivity index (χ3v) is 5.97. The molecule has 1 aromatic heterocycles. The largest absolute Gasteiger partial charge is 0.466 e. The second-order valence-electron chi connectivity index (χ2n) is 8.43. The molecule has 2 aromatic rings. The Morgan fingerprint density at radius 2 is 1.97 bits per heavy atom. The number of hydrogen-bond donors (Lipinski definition) is 2. The number of ether oxygens (including phenoxy) is 2. The first-order valence-electron chi connectivity index (χ1n) is 11.7. The van der Waals surface area contributed by atoms with Crippen LogP contribution in [0.2, 0.25) is 0 Å². The highest BCUT2D eigenvalue weighted by Gasteiger charge is 2.30. The number of carbonyl (C=O) groups excluding carboxylic acids is 2. The molecular formula is C24H33N5O6. The number of nitrogens with zero attached hydrogens (tertiary/aromatic N) is 3. The third kappa shape index (κ3) is 6.58. The molecule has 0 aliphatic carbocycles. The summed E-state index contributed by atoms with van der Waals surface area (Å²) in [5, 5.41) is 0. The van der Waals surface area contributed by atoms with Crippen molar-refractivity contribution in [3.05, 3.63) is 56.7 Å². The Kier molecular flexibility index (Phi) is 9.21. The number of nitrogens with one attached hydrogen (secondary N) is 1. The lowest BCUT2D eigenvalue weighted by Gasteiger charge is -2.33. The Balaban J connectivity index is 1.87. The maximum Gasteiger partial charge on any atom is 0.330 e. The summed E-state index contributed by atoms with van der Waals surface area (Å²) in [4.78, 5) is 56.3. The van der Waals surface area contributed by atoms with Crippen LogP contribution < -0.4 is 21.9 Å². The maximum atomic E-state index is 13.4. The molecule has 0 spiro atoms. The van der Waals surface area contributed by atoms with Gasteiger partial charge in [0.05, 0.1) is 32.2 Å². The van der Waals surface area contributed by atoms with Crippen LogP contribution in [0.5, 0.6) is 0 Å². The molecule has 1 aliphatic rings. The molecule has 11 nitrogen and oxygen atoms in total. The van der Waals surface area contributed by atoms with E-state index in [1.807, 2.05) is 35.2 Å². The quantitative estimate of drug-likeness (QED) is 0.460. The molecular weight excluding hydrogens is 454 g/mol. The minimum atomic E-state index is -0.746. The van der Waals surface area contributed by atoms with Gasteiger partial charge in [0.25, 0.3) is 5.56 Å². The highest BCUT2D eigenvalue weighted by atomic mass is 16.5. The number of nitrogen functional groups attached to an aromatic ring is 1. The number of aromatic amines is 1. The van der Waals surface area contributed by atoms with Gasteiger partial charge in [0.2, 0.25) is 5.91 Å². The van der Waals surface area contributed by atoms with Gasteiger partial charge in [-0.1, -0.05) is 30.3 Å². The summed E-state index contributed by atoms with van der Waals surface area (Å²) in [6.45, 7) is 3.44. The number of methoxy groups -OCH3 is 1. The normalized spacial score (nSPS) is 16.1. The second-order valence-corrected chi connectivity index (χ2v) is 8.43. The first kappa shape index (κ1) is 26.2. The van der Waals surface area contributed by atoms with Crippen molar-refractivity contribution in [3.63, 3.8) is 0 Å². The van der Waals surface area contributed by atoms with Crippen LogP contribution in [-0.2, 0) is 25.6 Å². The van der Waals surface area contributed by atoms with E-state index in [0.717, 1.165) is 12.0 Å². The van der Waals surface area contributed by atoms with Crippen molar-refractivity contribution in [2.75, 3.05) is 57.1 Å². The molecule has 35 heavy (non-hydrogen) atoms. The number of esters is 1. The standard InChI is InChI=1S/C24H33N5O6/c1-3-35-23(32)18-10-7-11-27(15-18)16-19(30)28(12-13-34-2)20-21(25)29(24(33)26-22(20)31)14-17-8-5-4-6-9-17/h4-6,8-9,18H,3,7,10-16,25H2,1-2H3,(H,26,31,33). The lowest BCUT2D eigenvalue weighted by molar-refractivity contribution is -0.150. The molecule has 1 fully saturated rings. The number of anilines is 2. The van der Waals surface area contributed by atoms with Crippen LogP contribution in [0.1, 0.15) is 25.3 Å². The number of hydrogen-bond acceptors (Lipinski definition) is 8. The first-order valence-corrected chi connectivity index (χ1v) is 11.7. The Morgan fingerprint density at radius 1 is 1.23 bits per heavy atom. The SMILES string of the molecule is CCOC(=O)C1CCCN(CC(=O)N(CCOC)c2c(N)n(Cc3ccccc3)c(=O)[nH]c2=O)C1. The number of carbonyl (C=O) groups is 2. The summed E-state index contributed by atoms with van der Waals surface area (Å²) >= 11 is 0. The van der Waals surface area contributed by atoms with Gasteiger partial charge < -0.3 is 20.1 Å². The van der Waals surface area contributed by atoms with Crippen molar-refractivity contribution in [2.45, 2.75) is 26.3 Å². The van der Waals surface area contributed by atoms with Gasteiger partial charge in [-0.15, -0.1) is 0 Å². The minimum absolute atomic E-state index is 0.0175. The molecule has 1 amide bonds. The summed E-state index contributed by atoms with van der Waals surface area (Å²) < 4.78 is 11.5. The van der Waals surface area contributed by atoms with Crippen molar-refractivity contribution in [1.29, 1.82) is 0 Å². The van der Waals surface area contributed by atoms with Crippen LogP contribution in [0.3, 0.4) is 0 Å². The van der Waals surface area contributed by atoms with Gasteiger partial charge in [-0.05, 0) is 31.9 Å². The summed E-state index contributed by atoms with van der Waals surface area (Å²) in [7, 11) is 1.49.